The number of pyridine rings is 1. The standard InChI is InChI=1S/C32H35N3O9/c1-8-34(9-2)32(38)44-24-17-22-21(16-23(24)39-3)27(18-14-25(40-4)29(42-6)26(15-18)41-5)28(31(37)43-7)35(30(22)36)20-12-10-19(33)11-13-20/h10-17H,8-9,33H2,1-7H3. The highest BCUT2D eigenvalue weighted by molar-refractivity contribution is 6.08. The molecule has 0 saturated carbocycles. The number of nitrogen functional groups attached to an aromatic ring is 1. The quantitative estimate of drug-likeness (QED) is 0.196. The number of nitrogens with two attached hydrogens (primary N) is 1. The molecule has 0 aliphatic heterocycles. The van der Waals surface area contributed by atoms with Gasteiger partial charge in [-0.2, -0.15) is 0 Å². The lowest BCUT2D eigenvalue weighted by molar-refractivity contribution is 0.0591. The van der Waals surface area contributed by atoms with Gasteiger partial charge in [0.1, 0.15) is 5.69 Å². The number of ether oxygens (including phenoxy) is 6. The van der Waals surface area contributed by atoms with Gasteiger partial charge in [-0.3, -0.25) is 9.36 Å². The van der Waals surface area contributed by atoms with Crippen LogP contribution in [0, 0.1) is 0 Å². The Kier molecular flexibility index (Phi) is 9.52. The summed E-state index contributed by atoms with van der Waals surface area (Å²) in [6, 6.07) is 12.7. The van der Waals surface area contributed by atoms with Gasteiger partial charge in [0.2, 0.25) is 5.75 Å². The van der Waals surface area contributed by atoms with Crippen molar-refractivity contribution in [1.29, 1.82) is 0 Å². The third kappa shape index (κ3) is 5.65. The Morgan fingerprint density at radius 3 is 1.84 bits per heavy atom. The third-order valence-electron chi connectivity index (χ3n) is 7.17. The van der Waals surface area contributed by atoms with Crippen molar-refractivity contribution in [3.63, 3.8) is 0 Å². The molecule has 1 aromatic heterocycles. The second-order valence-electron chi connectivity index (χ2n) is 9.45. The molecular formula is C32H35N3O9. The Hall–Kier alpha value is -5.39. The lowest BCUT2D eigenvalue weighted by atomic mass is 9.95. The minimum atomic E-state index is -0.791. The summed E-state index contributed by atoms with van der Waals surface area (Å²) in [5, 5.41) is 0.442. The van der Waals surface area contributed by atoms with Gasteiger partial charge in [0.05, 0.1) is 40.9 Å². The number of carbonyl (C=O) groups excluding carboxylic acids is 2. The van der Waals surface area contributed by atoms with E-state index in [-0.39, 0.29) is 22.6 Å². The molecule has 0 aliphatic carbocycles. The van der Waals surface area contributed by atoms with E-state index in [0.717, 1.165) is 0 Å². The number of anilines is 1. The fourth-order valence-electron chi connectivity index (χ4n) is 4.96. The van der Waals surface area contributed by atoms with Crippen molar-refractivity contribution in [2.24, 2.45) is 0 Å². The number of hydrogen-bond acceptors (Lipinski definition) is 10. The Labute approximate surface area is 254 Å². The SMILES string of the molecule is CCN(CC)C(=O)Oc1cc2c(=O)n(-c3ccc(N)cc3)c(C(=O)OC)c(-c3cc(OC)c(OC)c(OC)c3)c2cc1OC. The summed E-state index contributed by atoms with van der Waals surface area (Å²) in [6.45, 7) is 4.49. The van der Waals surface area contributed by atoms with Crippen LogP contribution >= 0.6 is 0 Å². The van der Waals surface area contributed by atoms with Gasteiger partial charge in [-0.05, 0) is 67.9 Å². The summed E-state index contributed by atoms with van der Waals surface area (Å²) in [4.78, 5) is 42.3. The monoisotopic (exact) mass is 605 g/mol. The first-order valence-corrected chi connectivity index (χ1v) is 13.7. The van der Waals surface area contributed by atoms with Gasteiger partial charge in [-0.25, -0.2) is 9.59 Å². The molecule has 232 valence electrons. The van der Waals surface area contributed by atoms with Crippen molar-refractivity contribution in [2.75, 3.05) is 54.4 Å². The average Bonchev–Trinajstić information content (AvgIpc) is 3.04. The van der Waals surface area contributed by atoms with Gasteiger partial charge >= 0.3 is 12.1 Å². The third-order valence-corrected chi connectivity index (χ3v) is 7.17. The molecule has 0 aliphatic rings. The predicted octanol–water partition coefficient (Wildman–Crippen LogP) is 4.90. The topological polar surface area (TPSA) is 141 Å². The van der Waals surface area contributed by atoms with E-state index in [1.54, 1.807) is 42.5 Å². The summed E-state index contributed by atoms with van der Waals surface area (Å²) >= 11 is 0. The first-order chi connectivity index (χ1) is 21.2. The number of rotatable bonds is 10. The molecular weight excluding hydrogens is 570 g/mol. The minimum Gasteiger partial charge on any atom is -0.493 e. The largest absolute Gasteiger partial charge is 0.493 e. The fourth-order valence-corrected chi connectivity index (χ4v) is 4.96. The number of amides is 1. The maximum Gasteiger partial charge on any atom is 0.415 e. The van der Waals surface area contributed by atoms with Gasteiger partial charge in [-0.15, -0.1) is 0 Å². The number of methoxy groups -OCH3 is 5. The molecule has 0 radical (unpaired) electrons. The van der Waals surface area contributed by atoms with E-state index in [4.69, 9.17) is 34.2 Å². The van der Waals surface area contributed by atoms with Gasteiger partial charge < -0.3 is 39.1 Å². The number of esters is 1. The predicted molar refractivity (Wildman–Crippen MR) is 166 cm³/mol. The van der Waals surface area contributed by atoms with Crippen LogP contribution in [0.25, 0.3) is 27.6 Å². The van der Waals surface area contributed by atoms with Crippen LogP contribution in [0.1, 0.15) is 24.3 Å². The second-order valence-corrected chi connectivity index (χ2v) is 9.45. The summed E-state index contributed by atoms with van der Waals surface area (Å²) in [5.74, 6) is 0.352. The number of aromatic nitrogens is 1. The molecule has 1 heterocycles. The van der Waals surface area contributed by atoms with Crippen LogP contribution in [0.2, 0.25) is 0 Å². The van der Waals surface area contributed by atoms with E-state index >= 15 is 0 Å². The Balaban J connectivity index is 2.22. The van der Waals surface area contributed by atoms with E-state index in [2.05, 4.69) is 0 Å². The summed E-state index contributed by atoms with van der Waals surface area (Å²) in [6.07, 6.45) is -0.609. The highest BCUT2D eigenvalue weighted by atomic mass is 16.6. The molecule has 4 aromatic rings. The zero-order chi connectivity index (χ0) is 32.1. The zero-order valence-electron chi connectivity index (χ0n) is 25.7. The summed E-state index contributed by atoms with van der Waals surface area (Å²) in [7, 11) is 7.04. The Bertz CT molecular complexity index is 1740. The molecule has 0 fully saturated rings. The Morgan fingerprint density at radius 1 is 0.773 bits per heavy atom. The molecule has 2 N–H and O–H groups in total. The summed E-state index contributed by atoms with van der Waals surface area (Å²) < 4.78 is 34.4. The van der Waals surface area contributed by atoms with Crippen LogP contribution in [0.4, 0.5) is 10.5 Å². The zero-order valence-corrected chi connectivity index (χ0v) is 25.7. The second kappa shape index (κ2) is 13.3. The molecule has 0 saturated heterocycles. The van der Waals surface area contributed by atoms with Gasteiger partial charge in [0, 0.05) is 35.4 Å². The molecule has 44 heavy (non-hydrogen) atoms. The lowest BCUT2D eigenvalue weighted by Crippen LogP contribution is -2.33. The summed E-state index contributed by atoms with van der Waals surface area (Å²) in [5.41, 5.74) is 6.80. The minimum absolute atomic E-state index is 0.0273. The smallest absolute Gasteiger partial charge is 0.415 e. The van der Waals surface area contributed by atoms with Crippen molar-refractivity contribution in [3.05, 3.63) is 64.6 Å². The number of benzene rings is 3. The molecule has 1 amide bonds. The van der Waals surface area contributed by atoms with Crippen molar-refractivity contribution in [2.45, 2.75) is 13.8 Å². The number of fused-ring (bicyclic) bond motifs is 1. The average molecular weight is 606 g/mol. The number of carbonyl (C=O) groups is 2. The van der Waals surface area contributed by atoms with Crippen molar-refractivity contribution < 1.29 is 38.0 Å². The van der Waals surface area contributed by atoms with Crippen LogP contribution in [-0.2, 0) is 4.74 Å². The maximum absolute atomic E-state index is 14.3. The molecule has 0 unspecified atom stereocenters. The number of nitrogens with zero attached hydrogens (tertiary/aromatic N) is 2. The molecule has 4 rings (SSSR count). The first kappa shape index (κ1) is 31.5. The van der Waals surface area contributed by atoms with Gasteiger partial charge in [-0.1, -0.05) is 0 Å². The Morgan fingerprint density at radius 2 is 1.34 bits per heavy atom. The van der Waals surface area contributed by atoms with Crippen molar-refractivity contribution in [1.82, 2.24) is 9.47 Å². The molecule has 3 aromatic carbocycles. The van der Waals surface area contributed by atoms with E-state index in [0.29, 0.717) is 58.2 Å². The molecule has 0 atom stereocenters. The van der Waals surface area contributed by atoms with E-state index in [9.17, 15) is 14.4 Å². The highest BCUT2D eigenvalue weighted by Gasteiger charge is 2.29. The van der Waals surface area contributed by atoms with Gasteiger partial charge in [0.25, 0.3) is 5.56 Å². The molecule has 12 heteroatoms. The van der Waals surface area contributed by atoms with Crippen molar-refractivity contribution in [3.8, 4) is 45.6 Å². The normalized spacial score (nSPS) is 10.7. The maximum atomic E-state index is 14.3. The van der Waals surface area contributed by atoms with Crippen LogP contribution < -0.4 is 35.0 Å². The van der Waals surface area contributed by atoms with Crippen LogP contribution in [-0.4, -0.2) is 70.2 Å². The molecule has 12 nitrogen and oxygen atoms in total. The number of hydrogen-bond donors (Lipinski definition) is 1. The van der Waals surface area contributed by atoms with E-state index in [1.165, 1.54) is 51.1 Å². The highest BCUT2D eigenvalue weighted by Crippen LogP contribution is 2.45. The van der Waals surface area contributed by atoms with Gasteiger partial charge in [0.15, 0.2) is 23.0 Å². The van der Waals surface area contributed by atoms with E-state index in [1.807, 2.05) is 13.8 Å². The van der Waals surface area contributed by atoms with Crippen LogP contribution in [0.3, 0.4) is 0 Å². The van der Waals surface area contributed by atoms with Crippen molar-refractivity contribution >= 4 is 28.5 Å². The molecule has 0 bridgehead atoms. The van der Waals surface area contributed by atoms with E-state index < -0.39 is 17.6 Å². The lowest BCUT2D eigenvalue weighted by Gasteiger charge is -2.22. The van der Waals surface area contributed by atoms with Crippen LogP contribution in [0.15, 0.2) is 53.3 Å². The fraction of sp³-hybridized carbons (Fsp3) is 0.281. The first-order valence-electron chi connectivity index (χ1n) is 13.7. The molecule has 0 spiro atoms. The van der Waals surface area contributed by atoms with Crippen LogP contribution in [0.5, 0.6) is 28.7 Å².